The van der Waals surface area contributed by atoms with Crippen molar-refractivity contribution in [2.45, 2.75) is 44.2 Å². The highest BCUT2D eigenvalue weighted by Gasteiger charge is 2.38. The number of nitrogens with zero attached hydrogens (tertiary/aromatic N) is 2. The highest BCUT2D eigenvalue weighted by atomic mass is 15.2. The molecule has 1 aromatic rings. The fraction of sp³-hybridized carbons (Fsp3) is 0.611. The van der Waals surface area contributed by atoms with Crippen LogP contribution in [0.4, 0.5) is 0 Å². The lowest BCUT2D eigenvalue weighted by Crippen LogP contribution is -2.59. The number of aryl methyl sites for hydroxylation is 2. The Morgan fingerprint density at radius 3 is 2.73 bits per heavy atom. The largest absolute Gasteiger partial charge is 0.328 e. The summed E-state index contributed by atoms with van der Waals surface area (Å²) in [6, 6.07) is 6.99. The number of nitrogens with two attached hydrogens (primary N) is 2. The Hall–Kier alpha value is -1.23. The minimum absolute atomic E-state index is 0.335. The molecule has 0 radical (unpaired) electrons. The summed E-state index contributed by atoms with van der Waals surface area (Å²) in [6.07, 6.45) is 4.16. The van der Waals surface area contributed by atoms with E-state index in [0.29, 0.717) is 6.04 Å². The molecule has 1 unspecified atom stereocenters. The van der Waals surface area contributed by atoms with Gasteiger partial charge in [-0.25, -0.2) is 0 Å². The zero-order valence-electron chi connectivity index (χ0n) is 13.8. The Balaban J connectivity index is 1.83. The normalized spacial score (nSPS) is 28.8. The molecule has 2 aliphatic rings. The summed E-state index contributed by atoms with van der Waals surface area (Å²) in [4.78, 5) is 7.06. The Bertz CT molecular complexity index is 572. The highest BCUT2D eigenvalue weighted by molar-refractivity contribution is 6.09. The maximum absolute atomic E-state index is 6.83. The van der Waals surface area contributed by atoms with Gasteiger partial charge in [0.05, 0.1) is 11.3 Å². The van der Waals surface area contributed by atoms with Crippen molar-refractivity contribution in [3.05, 3.63) is 34.9 Å². The number of aliphatic imine (C=N–C) groups is 1. The van der Waals surface area contributed by atoms with Crippen molar-refractivity contribution >= 4 is 5.71 Å². The molecule has 1 fully saturated rings. The van der Waals surface area contributed by atoms with Crippen LogP contribution in [0.3, 0.4) is 0 Å². The summed E-state index contributed by atoms with van der Waals surface area (Å²) >= 11 is 0. The molecule has 0 saturated carbocycles. The summed E-state index contributed by atoms with van der Waals surface area (Å²) in [7, 11) is 1.87. The fourth-order valence-electron chi connectivity index (χ4n) is 3.91. The Morgan fingerprint density at radius 2 is 2.05 bits per heavy atom. The van der Waals surface area contributed by atoms with E-state index in [4.69, 9.17) is 11.5 Å². The van der Waals surface area contributed by atoms with Crippen molar-refractivity contribution in [1.29, 1.82) is 0 Å². The number of rotatable bonds is 2. The summed E-state index contributed by atoms with van der Waals surface area (Å²) in [5.74, 6) is 0. The second-order valence-corrected chi connectivity index (χ2v) is 7.00. The lowest BCUT2D eigenvalue weighted by Gasteiger charge is -2.41. The Labute approximate surface area is 133 Å². The van der Waals surface area contributed by atoms with Gasteiger partial charge >= 0.3 is 0 Å². The zero-order valence-corrected chi connectivity index (χ0v) is 13.8. The molecule has 0 spiro atoms. The van der Waals surface area contributed by atoms with Gasteiger partial charge in [0.2, 0.25) is 0 Å². The molecule has 1 saturated heterocycles. The van der Waals surface area contributed by atoms with Gasteiger partial charge in [-0.05, 0) is 51.3 Å². The van der Waals surface area contributed by atoms with E-state index in [0.717, 1.165) is 51.0 Å². The Morgan fingerprint density at radius 1 is 1.32 bits per heavy atom. The molecule has 0 aromatic heterocycles. The van der Waals surface area contributed by atoms with Gasteiger partial charge in [0, 0.05) is 25.2 Å². The van der Waals surface area contributed by atoms with E-state index >= 15 is 0 Å². The molecular weight excluding hydrogens is 272 g/mol. The first-order valence-electron chi connectivity index (χ1n) is 8.36. The minimum Gasteiger partial charge on any atom is -0.328 e. The quantitative estimate of drug-likeness (QED) is 0.869. The number of likely N-dealkylation sites (tertiary alicyclic amines) is 1. The molecule has 1 aromatic carbocycles. The van der Waals surface area contributed by atoms with E-state index in [1.54, 1.807) is 0 Å². The van der Waals surface area contributed by atoms with E-state index in [1.165, 1.54) is 16.7 Å². The van der Waals surface area contributed by atoms with Gasteiger partial charge in [-0.2, -0.15) is 0 Å². The second-order valence-electron chi connectivity index (χ2n) is 7.00. The number of piperidine rings is 1. The zero-order chi connectivity index (χ0) is 15.7. The standard InChI is InChI=1S/C18H28N4/c1-13-3-4-16-14(11-13)5-8-18(20,17(16)21-2)12-22-9-6-15(19)7-10-22/h3-4,11,15H,5-10,12,19-20H2,1-2H3. The van der Waals surface area contributed by atoms with Crippen molar-refractivity contribution in [2.75, 3.05) is 26.7 Å². The summed E-state index contributed by atoms with van der Waals surface area (Å²) in [5.41, 5.74) is 17.5. The smallest absolute Gasteiger partial charge is 0.0717 e. The molecule has 0 amide bonds. The van der Waals surface area contributed by atoms with Crippen molar-refractivity contribution < 1.29 is 0 Å². The van der Waals surface area contributed by atoms with Crippen molar-refractivity contribution in [3.8, 4) is 0 Å². The predicted molar refractivity (Wildman–Crippen MR) is 92.5 cm³/mol. The molecule has 0 bridgehead atoms. The molecule has 4 N–H and O–H groups in total. The van der Waals surface area contributed by atoms with E-state index in [1.807, 2.05) is 7.05 Å². The van der Waals surface area contributed by atoms with Crippen LogP contribution in [0.1, 0.15) is 36.0 Å². The van der Waals surface area contributed by atoms with Crippen LogP contribution in [0.2, 0.25) is 0 Å². The molecule has 4 nitrogen and oxygen atoms in total. The number of benzene rings is 1. The number of hydrogen-bond acceptors (Lipinski definition) is 4. The van der Waals surface area contributed by atoms with Crippen LogP contribution in [0, 0.1) is 6.92 Å². The topological polar surface area (TPSA) is 67.6 Å². The molecule has 120 valence electrons. The summed E-state index contributed by atoms with van der Waals surface area (Å²) < 4.78 is 0. The van der Waals surface area contributed by atoms with E-state index in [-0.39, 0.29) is 5.54 Å². The predicted octanol–water partition coefficient (Wildman–Crippen LogP) is 1.48. The average molecular weight is 300 g/mol. The van der Waals surface area contributed by atoms with Crippen LogP contribution in [-0.4, -0.2) is 48.9 Å². The SMILES string of the molecule is CN=C1c2ccc(C)cc2CCC1(N)CN1CCC(N)CC1. The second kappa shape index (κ2) is 6.11. The van der Waals surface area contributed by atoms with Gasteiger partial charge in [-0.1, -0.05) is 23.8 Å². The van der Waals surface area contributed by atoms with Crippen LogP contribution in [0.5, 0.6) is 0 Å². The third-order valence-electron chi connectivity index (χ3n) is 5.19. The Kier molecular flexibility index (Phi) is 4.35. The van der Waals surface area contributed by atoms with Gasteiger partial charge in [0.15, 0.2) is 0 Å². The lowest BCUT2D eigenvalue weighted by molar-refractivity contribution is 0.185. The molecule has 3 rings (SSSR count). The minimum atomic E-state index is -0.335. The third-order valence-corrected chi connectivity index (χ3v) is 5.19. The van der Waals surface area contributed by atoms with Crippen molar-refractivity contribution in [3.63, 3.8) is 0 Å². The van der Waals surface area contributed by atoms with Gasteiger partial charge in [0.25, 0.3) is 0 Å². The average Bonchev–Trinajstić information content (AvgIpc) is 2.50. The third kappa shape index (κ3) is 2.96. The summed E-state index contributed by atoms with van der Waals surface area (Å²) in [6.45, 7) is 5.14. The van der Waals surface area contributed by atoms with Gasteiger partial charge in [0.1, 0.15) is 0 Å². The molecule has 1 heterocycles. The van der Waals surface area contributed by atoms with Crippen LogP contribution in [0.25, 0.3) is 0 Å². The lowest BCUT2D eigenvalue weighted by atomic mass is 9.75. The van der Waals surface area contributed by atoms with Crippen LogP contribution in [0.15, 0.2) is 23.2 Å². The molecule has 1 aliphatic heterocycles. The number of hydrogen-bond donors (Lipinski definition) is 2. The monoisotopic (exact) mass is 300 g/mol. The number of fused-ring (bicyclic) bond motifs is 1. The first-order chi connectivity index (χ1) is 10.5. The summed E-state index contributed by atoms with van der Waals surface area (Å²) in [5, 5.41) is 0. The van der Waals surface area contributed by atoms with Crippen LogP contribution >= 0.6 is 0 Å². The highest BCUT2D eigenvalue weighted by Crippen LogP contribution is 2.30. The molecule has 22 heavy (non-hydrogen) atoms. The molecule has 1 atom stereocenters. The maximum Gasteiger partial charge on any atom is 0.0717 e. The molecule has 1 aliphatic carbocycles. The molecule has 4 heteroatoms. The van der Waals surface area contributed by atoms with Gasteiger partial charge < -0.3 is 16.4 Å². The first kappa shape index (κ1) is 15.7. The van der Waals surface area contributed by atoms with Crippen molar-refractivity contribution in [1.82, 2.24) is 4.90 Å². The maximum atomic E-state index is 6.83. The van der Waals surface area contributed by atoms with E-state index < -0.39 is 0 Å². The van der Waals surface area contributed by atoms with Crippen LogP contribution in [-0.2, 0) is 6.42 Å². The van der Waals surface area contributed by atoms with E-state index in [2.05, 4.69) is 35.0 Å². The molecular formula is C18H28N4. The fourth-order valence-corrected chi connectivity index (χ4v) is 3.91. The first-order valence-corrected chi connectivity index (χ1v) is 8.36. The van der Waals surface area contributed by atoms with Gasteiger partial charge in [-0.3, -0.25) is 4.99 Å². The van der Waals surface area contributed by atoms with E-state index in [9.17, 15) is 0 Å². The van der Waals surface area contributed by atoms with Crippen molar-refractivity contribution in [2.24, 2.45) is 16.5 Å². The van der Waals surface area contributed by atoms with Gasteiger partial charge in [-0.15, -0.1) is 0 Å². The van der Waals surface area contributed by atoms with Crippen LogP contribution < -0.4 is 11.5 Å².